The van der Waals surface area contributed by atoms with Gasteiger partial charge in [0.15, 0.2) is 9.84 Å². The number of carboxylic acid groups (broad SMARTS) is 1. The Kier molecular flexibility index (Phi) is 7.35. The highest BCUT2D eigenvalue weighted by molar-refractivity contribution is 7.91. The van der Waals surface area contributed by atoms with Crippen molar-refractivity contribution in [3.05, 3.63) is 41.7 Å². The molecule has 0 aliphatic carbocycles. The van der Waals surface area contributed by atoms with Crippen molar-refractivity contribution in [1.82, 2.24) is 10.2 Å². The number of nitrogens with one attached hydrogen (secondary N) is 1. The first-order chi connectivity index (χ1) is 12.8. The predicted octanol–water partition coefficient (Wildman–Crippen LogP) is 2.48. The molecule has 1 aliphatic heterocycles. The predicted molar refractivity (Wildman–Crippen MR) is 97.6 cm³/mol. The topological polar surface area (TPSA) is 104 Å². The zero-order chi connectivity index (χ0) is 19.9. The van der Waals surface area contributed by atoms with Crippen LogP contribution >= 0.6 is 0 Å². The fraction of sp³-hybridized carbons (Fsp3) is 0.444. The maximum absolute atomic E-state index is 12.9. The lowest BCUT2D eigenvalue weighted by Crippen LogP contribution is -2.29. The Morgan fingerprint density at radius 2 is 2.07 bits per heavy atom. The molecular weight excluding hydrogens is 375 g/mol. The van der Waals surface area contributed by atoms with Gasteiger partial charge in [0.05, 0.1) is 17.0 Å². The summed E-state index contributed by atoms with van der Waals surface area (Å²) in [5.74, 6) is -0.571. The Morgan fingerprint density at radius 3 is 2.78 bits per heavy atom. The van der Waals surface area contributed by atoms with Crippen molar-refractivity contribution in [1.29, 1.82) is 0 Å². The van der Waals surface area contributed by atoms with E-state index in [1.165, 1.54) is 12.1 Å². The Labute approximate surface area is 157 Å². The highest BCUT2D eigenvalue weighted by atomic mass is 32.2. The van der Waals surface area contributed by atoms with Crippen molar-refractivity contribution in [3.63, 3.8) is 0 Å². The van der Waals surface area contributed by atoms with Gasteiger partial charge in [-0.05, 0) is 36.1 Å². The molecule has 0 bridgehead atoms. The number of amides is 2. The number of carbonyl (C=O) groups is 2. The fourth-order valence-electron chi connectivity index (χ4n) is 2.90. The summed E-state index contributed by atoms with van der Waals surface area (Å²) in [6, 6.07) is 6.21. The molecule has 2 amide bonds. The van der Waals surface area contributed by atoms with E-state index in [4.69, 9.17) is 5.11 Å². The van der Waals surface area contributed by atoms with Crippen molar-refractivity contribution in [2.75, 3.05) is 18.8 Å². The first-order valence-electron chi connectivity index (χ1n) is 8.66. The second-order valence-corrected chi connectivity index (χ2v) is 8.45. The third-order valence-corrected chi connectivity index (χ3v) is 6.02. The van der Waals surface area contributed by atoms with Crippen molar-refractivity contribution < 1.29 is 27.5 Å². The molecule has 1 aromatic rings. The molecule has 0 saturated carbocycles. The summed E-state index contributed by atoms with van der Waals surface area (Å²) in [6.07, 6.45) is 2.03. The molecule has 0 spiro atoms. The number of hydrogen-bond acceptors (Lipinski definition) is 4. The molecule has 9 heteroatoms. The van der Waals surface area contributed by atoms with Gasteiger partial charge < -0.3 is 15.3 Å². The van der Waals surface area contributed by atoms with Gasteiger partial charge in [0, 0.05) is 26.1 Å². The molecule has 1 heterocycles. The Hall–Kier alpha value is -2.42. The zero-order valence-corrected chi connectivity index (χ0v) is 15.7. The van der Waals surface area contributed by atoms with E-state index < -0.39 is 28.2 Å². The van der Waals surface area contributed by atoms with Crippen molar-refractivity contribution in [2.45, 2.75) is 37.1 Å². The van der Waals surface area contributed by atoms with Gasteiger partial charge in [-0.2, -0.15) is 0 Å². The van der Waals surface area contributed by atoms with E-state index in [0.29, 0.717) is 25.1 Å². The number of halogens is 1. The minimum atomic E-state index is -3.85. The summed E-state index contributed by atoms with van der Waals surface area (Å²) in [4.78, 5) is 24.3. The molecule has 0 unspecified atom stereocenters. The number of hydrogen-bond donors (Lipinski definition) is 2. The summed E-state index contributed by atoms with van der Waals surface area (Å²) < 4.78 is 38.0. The minimum Gasteiger partial charge on any atom is -0.465 e. The van der Waals surface area contributed by atoms with E-state index in [1.54, 1.807) is 17.0 Å². The van der Waals surface area contributed by atoms with Crippen molar-refractivity contribution in [3.8, 4) is 0 Å². The fourth-order valence-corrected chi connectivity index (χ4v) is 4.34. The van der Waals surface area contributed by atoms with E-state index >= 15 is 0 Å². The number of sulfone groups is 1. The third kappa shape index (κ3) is 6.35. The van der Waals surface area contributed by atoms with E-state index in [1.807, 2.05) is 5.32 Å². The lowest BCUT2D eigenvalue weighted by molar-refractivity contribution is -0.131. The summed E-state index contributed by atoms with van der Waals surface area (Å²) in [6.45, 7) is 0.563. The van der Waals surface area contributed by atoms with Crippen LogP contribution in [-0.2, 0) is 21.2 Å². The van der Waals surface area contributed by atoms with Gasteiger partial charge in [-0.25, -0.2) is 17.6 Å². The zero-order valence-electron chi connectivity index (χ0n) is 14.9. The molecule has 2 N–H and O–H groups in total. The Bertz CT molecular complexity index is 823. The molecule has 1 aromatic carbocycles. The van der Waals surface area contributed by atoms with E-state index in [0.717, 1.165) is 19.3 Å². The molecule has 0 atom stereocenters. The lowest BCUT2D eigenvalue weighted by Gasteiger charge is -2.21. The number of rotatable bonds is 7. The van der Waals surface area contributed by atoms with Crippen LogP contribution in [-0.4, -0.2) is 49.3 Å². The SMILES string of the molecule is O=C(O)NC/C(=C\F)CS(=O)(=O)c1cccc(CN2CCCCCC2=O)c1. The monoisotopic (exact) mass is 398 g/mol. The Morgan fingerprint density at radius 1 is 1.30 bits per heavy atom. The molecule has 27 heavy (non-hydrogen) atoms. The van der Waals surface area contributed by atoms with Gasteiger partial charge in [0.1, 0.15) is 0 Å². The average molecular weight is 398 g/mol. The first kappa shape index (κ1) is 20.9. The van der Waals surface area contributed by atoms with Gasteiger partial charge >= 0.3 is 6.09 Å². The molecule has 0 aromatic heterocycles. The normalized spacial score (nSPS) is 16.1. The van der Waals surface area contributed by atoms with Gasteiger partial charge in [0.25, 0.3) is 0 Å². The van der Waals surface area contributed by atoms with Crippen LogP contribution in [0.5, 0.6) is 0 Å². The molecule has 1 saturated heterocycles. The maximum Gasteiger partial charge on any atom is 0.404 e. The smallest absolute Gasteiger partial charge is 0.404 e. The highest BCUT2D eigenvalue weighted by Gasteiger charge is 2.20. The third-order valence-electron chi connectivity index (χ3n) is 4.30. The van der Waals surface area contributed by atoms with Gasteiger partial charge in [-0.3, -0.25) is 4.79 Å². The highest BCUT2D eigenvalue weighted by Crippen LogP contribution is 2.19. The molecule has 1 fully saturated rings. The number of nitrogens with zero attached hydrogens (tertiary/aromatic N) is 1. The van der Waals surface area contributed by atoms with Gasteiger partial charge in [-0.15, -0.1) is 0 Å². The van der Waals surface area contributed by atoms with Crippen LogP contribution < -0.4 is 5.32 Å². The summed E-state index contributed by atoms with van der Waals surface area (Å²) in [7, 11) is -3.85. The molecule has 7 nitrogen and oxygen atoms in total. The second-order valence-electron chi connectivity index (χ2n) is 6.46. The number of carbonyl (C=O) groups excluding carboxylic acids is 1. The van der Waals surface area contributed by atoms with Crippen LogP contribution in [0.25, 0.3) is 0 Å². The second kappa shape index (κ2) is 9.50. The van der Waals surface area contributed by atoms with Crippen LogP contribution in [0.1, 0.15) is 31.2 Å². The van der Waals surface area contributed by atoms with Crippen LogP contribution in [0.2, 0.25) is 0 Å². The van der Waals surface area contributed by atoms with E-state index in [2.05, 4.69) is 0 Å². The van der Waals surface area contributed by atoms with Gasteiger partial charge in [-0.1, -0.05) is 18.6 Å². The largest absolute Gasteiger partial charge is 0.465 e. The first-order valence-corrected chi connectivity index (χ1v) is 10.3. The standard InChI is InChI=1S/C18H23FN2O5S/c19-10-15(11-20-18(23)24)13-27(25,26)16-6-4-5-14(9-16)12-21-8-3-1-2-7-17(21)22/h4-6,9-10,20H,1-3,7-8,11-13H2,(H,23,24)/b15-10+. The van der Waals surface area contributed by atoms with Crippen molar-refractivity contribution in [2.24, 2.45) is 0 Å². The maximum atomic E-state index is 12.9. The Balaban J connectivity index is 2.12. The van der Waals surface area contributed by atoms with Crippen molar-refractivity contribution >= 4 is 21.8 Å². The molecule has 2 rings (SSSR count). The van der Waals surface area contributed by atoms with E-state index in [-0.39, 0.29) is 22.7 Å². The summed E-state index contributed by atoms with van der Waals surface area (Å²) in [5, 5.41) is 10.5. The van der Waals surface area contributed by atoms with E-state index in [9.17, 15) is 22.4 Å². The number of benzene rings is 1. The quantitative estimate of drug-likeness (QED) is 0.734. The molecular formula is C18H23FN2O5S. The van der Waals surface area contributed by atoms with Gasteiger partial charge in [0.2, 0.25) is 5.91 Å². The molecule has 148 valence electrons. The molecule has 1 aliphatic rings. The van der Waals surface area contributed by atoms with Crippen LogP contribution in [0.3, 0.4) is 0 Å². The number of likely N-dealkylation sites (tertiary alicyclic amines) is 1. The van der Waals surface area contributed by atoms with Crippen LogP contribution in [0, 0.1) is 0 Å². The summed E-state index contributed by atoms with van der Waals surface area (Å²) >= 11 is 0. The minimum absolute atomic E-state index is 0.0111. The summed E-state index contributed by atoms with van der Waals surface area (Å²) in [5.41, 5.74) is 0.492. The lowest BCUT2D eigenvalue weighted by atomic mass is 10.2. The average Bonchev–Trinajstić information content (AvgIpc) is 2.83. The molecule has 0 radical (unpaired) electrons. The van der Waals surface area contributed by atoms with Crippen LogP contribution in [0.4, 0.5) is 9.18 Å². The van der Waals surface area contributed by atoms with Crippen LogP contribution in [0.15, 0.2) is 41.1 Å².